The van der Waals surface area contributed by atoms with E-state index in [-0.39, 0.29) is 12.0 Å². The second-order valence-electron chi connectivity index (χ2n) is 8.82. The zero-order valence-electron chi connectivity index (χ0n) is 16.6. The maximum absolute atomic E-state index is 14.0. The number of carbonyl (C=O) groups is 1. The number of nitrogens with zero attached hydrogens (tertiary/aromatic N) is 1. The van der Waals surface area contributed by atoms with Gasteiger partial charge in [-0.3, -0.25) is 10.2 Å². The van der Waals surface area contributed by atoms with Crippen molar-refractivity contribution in [2.45, 2.75) is 64.4 Å². The van der Waals surface area contributed by atoms with Crippen molar-refractivity contribution >= 4 is 16.7 Å². The highest BCUT2D eigenvalue weighted by molar-refractivity contribution is 5.85. The summed E-state index contributed by atoms with van der Waals surface area (Å²) in [6.45, 7) is 8.97. The Bertz CT molecular complexity index is 901. The molecule has 1 heterocycles. The molecule has 7 heteroatoms. The largest absolute Gasteiger partial charge is 0.488 e. The van der Waals surface area contributed by atoms with E-state index in [9.17, 15) is 18.0 Å². The first kappa shape index (κ1) is 20.5. The van der Waals surface area contributed by atoms with Crippen LogP contribution in [0.3, 0.4) is 0 Å². The van der Waals surface area contributed by atoms with Crippen LogP contribution in [-0.2, 0) is 4.79 Å². The van der Waals surface area contributed by atoms with Gasteiger partial charge in [0.05, 0.1) is 0 Å². The summed E-state index contributed by atoms with van der Waals surface area (Å²) in [5.41, 5.74) is 1.09. The Morgan fingerprint density at radius 2 is 1.71 bits per heavy atom. The molecule has 1 aliphatic heterocycles. The maximum Gasteiger partial charge on any atom is 0.409 e. The van der Waals surface area contributed by atoms with Crippen molar-refractivity contribution in [1.82, 2.24) is 10.4 Å². The van der Waals surface area contributed by atoms with Crippen LogP contribution < -0.4 is 10.2 Å². The SMILES string of the molecule is CC(C)(C)Oc1ccc2ccc([C@H](N3NC(=O)CC3(C)C)C(F)(F)F)cc2c1. The van der Waals surface area contributed by atoms with E-state index >= 15 is 0 Å². The minimum absolute atomic E-state index is 0.0106. The lowest BCUT2D eigenvalue weighted by Crippen LogP contribution is -2.51. The van der Waals surface area contributed by atoms with Crippen molar-refractivity contribution in [2.24, 2.45) is 0 Å². The number of nitrogens with one attached hydrogen (secondary N) is 1. The van der Waals surface area contributed by atoms with Gasteiger partial charge >= 0.3 is 6.18 Å². The van der Waals surface area contributed by atoms with Gasteiger partial charge in [0.25, 0.3) is 0 Å². The molecule has 0 saturated carbocycles. The van der Waals surface area contributed by atoms with E-state index in [1.807, 2.05) is 26.8 Å². The number of fused-ring (bicyclic) bond motifs is 1. The number of rotatable bonds is 3. The summed E-state index contributed by atoms with van der Waals surface area (Å²) in [5, 5.41) is 2.49. The topological polar surface area (TPSA) is 41.6 Å². The van der Waals surface area contributed by atoms with Crippen molar-refractivity contribution in [3.05, 3.63) is 42.0 Å². The molecule has 0 aromatic heterocycles. The molecule has 1 saturated heterocycles. The maximum atomic E-state index is 14.0. The quantitative estimate of drug-likeness (QED) is 0.784. The number of hydrogen-bond acceptors (Lipinski definition) is 3. The summed E-state index contributed by atoms with van der Waals surface area (Å²) < 4.78 is 47.9. The summed E-state index contributed by atoms with van der Waals surface area (Å²) in [6.07, 6.45) is -4.54. The van der Waals surface area contributed by atoms with E-state index in [2.05, 4.69) is 5.43 Å². The van der Waals surface area contributed by atoms with Gasteiger partial charge in [-0.15, -0.1) is 0 Å². The standard InChI is InChI=1S/C21H25F3N2O2/c1-19(2,3)28-16-9-8-13-6-7-14(10-15(13)11-16)18(21(22,23)24)26-20(4,5)12-17(27)25-26/h6-11,18H,12H2,1-5H3,(H,25,27)/t18-/m0/s1. The van der Waals surface area contributed by atoms with Crippen molar-refractivity contribution in [3.63, 3.8) is 0 Å². The Labute approximate surface area is 162 Å². The van der Waals surface area contributed by atoms with Crippen LogP contribution in [0.15, 0.2) is 36.4 Å². The molecular formula is C21H25F3N2O2. The fraction of sp³-hybridized carbons (Fsp3) is 0.476. The number of amides is 1. The van der Waals surface area contributed by atoms with Gasteiger partial charge in [-0.1, -0.05) is 18.2 Å². The number of halogens is 3. The smallest absolute Gasteiger partial charge is 0.409 e. The summed E-state index contributed by atoms with van der Waals surface area (Å²) in [6, 6.07) is 8.07. The molecule has 2 aromatic carbocycles. The molecule has 3 rings (SSSR count). The molecule has 1 fully saturated rings. The Kier molecular flexibility index (Phi) is 4.86. The van der Waals surface area contributed by atoms with Gasteiger partial charge in [-0.05, 0) is 69.2 Å². The lowest BCUT2D eigenvalue weighted by molar-refractivity contribution is -0.203. The van der Waals surface area contributed by atoms with Crippen LogP contribution in [0.25, 0.3) is 10.8 Å². The molecule has 1 aliphatic rings. The molecule has 1 atom stereocenters. The first-order valence-electron chi connectivity index (χ1n) is 9.15. The van der Waals surface area contributed by atoms with E-state index < -0.39 is 29.3 Å². The molecule has 1 amide bonds. The third-order valence-electron chi connectivity index (χ3n) is 4.63. The van der Waals surface area contributed by atoms with Crippen LogP contribution in [0, 0.1) is 0 Å². The molecule has 0 unspecified atom stereocenters. The number of carbonyl (C=O) groups excluding carboxylic acids is 1. The van der Waals surface area contributed by atoms with E-state index in [1.54, 1.807) is 32.0 Å². The number of ether oxygens (including phenoxy) is 1. The minimum Gasteiger partial charge on any atom is -0.488 e. The lowest BCUT2D eigenvalue weighted by atomic mass is 9.95. The molecule has 4 nitrogen and oxygen atoms in total. The zero-order valence-corrected chi connectivity index (χ0v) is 16.6. The van der Waals surface area contributed by atoms with Gasteiger partial charge < -0.3 is 4.74 Å². The molecule has 0 radical (unpaired) electrons. The van der Waals surface area contributed by atoms with Crippen molar-refractivity contribution in [3.8, 4) is 5.75 Å². The Hall–Kier alpha value is -2.28. The minimum atomic E-state index is -4.55. The zero-order chi connectivity index (χ0) is 20.9. The van der Waals surface area contributed by atoms with Gasteiger partial charge in [0.15, 0.2) is 6.04 Å². The highest BCUT2D eigenvalue weighted by Gasteiger charge is 2.52. The van der Waals surface area contributed by atoms with E-state index in [1.165, 1.54) is 12.1 Å². The molecular weight excluding hydrogens is 369 g/mol. The summed E-state index contributed by atoms with van der Waals surface area (Å²) >= 11 is 0. The summed E-state index contributed by atoms with van der Waals surface area (Å²) in [7, 11) is 0. The van der Waals surface area contributed by atoms with Crippen molar-refractivity contribution in [1.29, 1.82) is 0 Å². The normalized spacial score (nSPS) is 18.9. The third-order valence-corrected chi connectivity index (χ3v) is 4.63. The van der Waals surface area contributed by atoms with Gasteiger partial charge in [-0.25, -0.2) is 0 Å². The Morgan fingerprint density at radius 1 is 1.07 bits per heavy atom. The average molecular weight is 394 g/mol. The number of hydrazine groups is 1. The molecule has 152 valence electrons. The van der Waals surface area contributed by atoms with E-state index in [0.29, 0.717) is 11.1 Å². The number of hydrogen-bond donors (Lipinski definition) is 1. The molecule has 0 bridgehead atoms. The van der Waals surface area contributed by atoms with E-state index in [4.69, 9.17) is 4.74 Å². The van der Waals surface area contributed by atoms with Crippen LogP contribution in [0.2, 0.25) is 0 Å². The fourth-order valence-corrected chi connectivity index (χ4v) is 3.53. The highest BCUT2D eigenvalue weighted by Crippen LogP contribution is 2.43. The first-order chi connectivity index (χ1) is 12.8. The van der Waals surface area contributed by atoms with Crippen LogP contribution in [0.4, 0.5) is 13.2 Å². The lowest BCUT2D eigenvalue weighted by Gasteiger charge is -2.38. The van der Waals surface area contributed by atoms with Gasteiger partial charge in [0, 0.05) is 12.0 Å². The molecule has 28 heavy (non-hydrogen) atoms. The monoisotopic (exact) mass is 394 g/mol. The Morgan fingerprint density at radius 3 is 2.25 bits per heavy atom. The van der Waals surface area contributed by atoms with Crippen molar-refractivity contribution < 1.29 is 22.7 Å². The second-order valence-corrected chi connectivity index (χ2v) is 8.82. The van der Waals surface area contributed by atoms with E-state index in [0.717, 1.165) is 10.4 Å². The molecule has 0 spiro atoms. The Balaban J connectivity index is 2.06. The second kappa shape index (κ2) is 6.65. The van der Waals surface area contributed by atoms with Crippen LogP contribution in [0.1, 0.15) is 52.6 Å². The number of benzene rings is 2. The highest BCUT2D eigenvalue weighted by atomic mass is 19.4. The van der Waals surface area contributed by atoms with Crippen molar-refractivity contribution in [2.75, 3.05) is 0 Å². The van der Waals surface area contributed by atoms with Gasteiger partial charge in [-0.2, -0.15) is 18.2 Å². The predicted molar refractivity (Wildman–Crippen MR) is 102 cm³/mol. The van der Waals surface area contributed by atoms with Crippen LogP contribution >= 0.6 is 0 Å². The third kappa shape index (κ3) is 4.24. The molecule has 2 aromatic rings. The number of alkyl halides is 3. The summed E-state index contributed by atoms with van der Waals surface area (Å²) in [5.74, 6) is 0.177. The van der Waals surface area contributed by atoms with Gasteiger partial charge in [0.2, 0.25) is 5.91 Å². The average Bonchev–Trinajstić information content (AvgIpc) is 2.76. The fourth-order valence-electron chi connectivity index (χ4n) is 3.53. The first-order valence-corrected chi connectivity index (χ1v) is 9.15. The summed E-state index contributed by atoms with van der Waals surface area (Å²) in [4.78, 5) is 11.8. The van der Waals surface area contributed by atoms with Crippen LogP contribution in [0.5, 0.6) is 5.75 Å². The predicted octanol–water partition coefficient (Wildman–Crippen LogP) is 5.14. The van der Waals surface area contributed by atoms with Gasteiger partial charge in [0.1, 0.15) is 11.4 Å². The van der Waals surface area contributed by atoms with Crippen LogP contribution in [-0.4, -0.2) is 28.2 Å². The molecule has 0 aliphatic carbocycles. The molecule has 1 N–H and O–H groups in total.